The number of rotatable bonds is 3. The molecule has 0 aliphatic heterocycles. The van der Waals surface area contributed by atoms with Crippen molar-refractivity contribution in [3.63, 3.8) is 0 Å². The molecule has 1 saturated carbocycles. The first kappa shape index (κ1) is 16.3. The molecule has 4 nitrogen and oxygen atoms in total. The zero-order chi connectivity index (χ0) is 15.5. The Morgan fingerprint density at radius 3 is 2.38 bits per heavy atom. The summed E-state index contributed by atoms with van der Waals surface area (Å²) in [5.41, 5.74) is 0.115. The normalized spacial score (nSPS) is 17.2. The van der Waals surface area contributed by atoms with Crippen LogP contribution in [0.5, 0.6) is 0 Å². The number of ether oxygens (including phenoxy) is 1. The number of halogens is 1. The summed E-state index contributed by atoms with van der Waals surface area (Å²) in [7, 11) is -3.38. The van der Waals surface area contributed by atoms with Crippen LogP contribution in [0.4, 0.5) is 0 Å². The smallest absolute Gasteiger partial charge is 0.339 e. The van der Waals surface area contributed by atoms with Gasteiger partial charge in [0, 0.05) is 6.26 Å². The van der Waals surface area contributed by atoms with E-state index in [1.54, 1.807) is 0 Å². The van der Waals surface area contributed by atoms with Crippen LogP contribution in [0.2, 0.25) is 5.02 Å². The van der Waals surface area contributed by atoms with Crippen LogP contribution in [0.1, 0.15) is 48.9 Å². The van der Waals surface area contributed by atoms with E-state index in [2.05, 4.69) is 0 Å². The maximum Gasteiger partial charge on any atom is 0.339 e. The van der Waals surface area contributed by atoms with Gasteiger partial charge in [0.25, 0.3) is 0 Å². The van der Waals surface area contributed by atoms with E-state index >= 15 is 0 Å². The molecule has 6 heteroatoms. The van der Waals surface area contributed by atoms with E-state index in [0.29, 0.717) is 0 Å². The molecule has 0 spiro atoms. The molecule has 0 heterocycles. The summed E-state index contributed by atoms with van der Waals surface area (Å²) >= 11 is 6.00. The van der Waals surface area contributed by atoms with Gasteiger partial charge in [-0.05, 0) is 43.9 Å². The van der Waals surface area contributed by atoms with Crippen LogP contribution in [0.15, 0.2) is 23.1 Å². The molecule has 0 aromatic heterocycles. The zero-order valence-corrected chi connectivity index (χ0v) is 13.5. The predicted molar refractivity (Wildman–Crippen MR) is 81.5 cm³/mol. The lowest BCUT2D eigenvalue weighted by atomic mass is 10.1. The summed E-state index contributed by atoms with van der Waals surface area (Å²) in [5, 5.41) is 0.209. The third-order valence-corrected chi connectivity index (χ3v) is 5.10. The van der Waals surface area contributed by atoms with E-state index in [0.717, 1.165) is 31.9 Å². The van der Waals surface area contributed by atoms with Gasteiger partial charge in [-0.2, -0.15) is 0 Å². The van der Waals surface area contributed by atoms with Crippen LogP contribution >= 0.6 is 11.6 Å². The highest BCUT2D eigenvalue weighted by Gasteiger charge is 2.21. The minimum atomic E-state index is -3.38. The average molecular weight is 331 g/mol. The lowest BCUT2D eigenvalue weighted by Crippen LogP contribution is -2.18. The van der Waals surface area contributed by atoms with Gasteiger partial charge in [0.2, 0.25) is 0 Å². The topological polar surface area (TPSA) is 60.4 Å². The van der Waals surface area contributed by atoms with Crippen LogP contribution in [0.25, 0.3) is 0 Å². The molecular weight excluding hydrogens is 312 g/mol. The lowest BCUT2D eigenvalue weighted by molar-refractivity contribution is 0.0267. The minimum absolute atomic E-state index is 0.0692. The quantitative estimate of drug-likeness (QED) is 0.627. The van der Waals surface area contributed by atoms with E-state index in [-0.39, 0.29) is 21.6 Å². The van der Waals surface area contributed by atoms with Gasteiger partial charge in [0.15, 0.2) is 9.84 Å². The number of benzene rings is 1. The number of sulfone groups is 1. The second-order valence-corrected chi connectivity index (χ2v) is 7.86. The molecule has 2 rings (SSSR count). The monoisotopic (exact) mass is 330 g/mol. The summed E-state index contributed by atoms with van der Waals surface area (Å²) < 4.78 is 28.6. The van der Waals surface area contributed by atoms with E-state index in [9.17, 15) is 13.2 Å². The molecule has 0 radical (unpaired) electrons. The fraction of sp³-hybridized carbons (Fsp3) is 0.533. The summed E-state index contributed by atoms with van der Waals surface area (Å²) in [6, 6.07) is 4.10. The van der Waals surface area contributed by atoms with Crippen LogP contribution in [0.3, 0.4) is 0 Å². The fourth-order valence-electron chi connectivity index (χ4n) is 2.47. The van der Waals surface area contributed by atoms with Crippen molar-refractivity contribution in [3.05, 3.63) is 28.8 Å². The van der Waals surface area contributed by atoms with Crippen LogP contribution in [-0.2, 0) is 14.6 Å². The molecule has 116 valence electrons. The Kier molecular flexibility index (Phi) is 5.27. The summed E-state index contributed by atoms with van der Waals surface area (Å²) in [4.78, 5) is 12.3. The second-order valence-electron chi connectivity index (χ2n) is 5.43. The second kappa shape index (κ2) is 6.79. The van der Waals surface area contributed by atoms with Crippen molar-refractivity contribution >= 4 is 27.4 Å². The number of hydrogen-bond acceptors (Lipinski definition) is 4. The first-order valence-electron chi connectivity index (χ1n) is 7.08. The molecule has 0 amide bonds. The van der Waals surface area contributed by atoms with Gasteiger partial charge in [-0.25, -0.2) is 13.2 Å². The maximum absolute atomic E-state index is 12.2. The molecule has 1 aromatic carbocycles. The molecule has 0 saturated heterocycles. The minimum Gasteiger partial charge on any atom is -0.459 e. The predicted octanol–water partition coefficient (Wildman–Crippen LogP) is 3.62. The Balaban J connectivity index is 2.18. The van der Waals surface area contributed by atoms with Crippen molar-refractivity contribution in [2.75, 3.05) is 6.26 Å². The third kappa shape index (κ3) is 4.45. The number of hydrogen-bond donors (Lipinski definition) is 0. The van der Waals surface area contributed by atoms with Crippen molar-refractivity contribution in [2.45, 2.75) is 49.5 Å². The van der Waals surface area contributed by atoms with Crippen LogP contribution < -0.4 is 0 Å². The number of carbonyl (C=O) groups excluding carboxylic acids is 1. The van der Waals surface area contributed by atoms with Crippen molar-refractivity contribution in [2.24, 2.45) is 0 Å². The molecule has 1 aromatic rings. The molecule has 0 atom stereocenters. The standard InChI is InChI=1S/C15H19ClO4S/c1-21(18,19)12-8-9-14(16)13(10-12)15(17)20-11-6-4-2-3-5-7-11/h8-11H,2-7H2,1H3. The third-order valence-electron chi connectivity index (χ3n) is 3.66. The summed E-state index contributed by atoms with van der Waals surface area (Å²) in [5.74, 6) is -0.544. The van der Waals surface area contributed by atoms with Crippen LogP contribution in [0, 0.1) is 0 Å². The van der Waals surface area contributed by atoms with Gasteiger partial charge in [-0.3, -0.25) is 0 Å². The average Bonchev–Trinajstić information content (AvgIpc) is 2.66. The maximum atomic E-state index is 12.2. The number of esters is 1. The molecule has 1 aliphatic rings. The van der Waals surface area contributed by atoms with Gasteiger partial charge in [-0.1, -0.05) is 24.4 Å². The Morgan fingerprint density at radius 2 is 1.81 bits per heavy atom. The van der Waals surface area contributed by atoms with Gasteiger partial charge in [0.05, 0.1) is 15.5 Å². The molecular formula is C15H19ClO4S. The van der Waals surface area contributed by atoms with Crippen LogP contribution in [-0.4, -0.2) is 26.7 Å². The van der Waals surface area contributed by atoms with E-state index in [1.807, 2.05) is 0 Å². The highest BCUT2D eigenvalue weighted by molar-refractivity contribution is 7.90. The first-order chi connectivity index (χ1) is 9.88. The Bertz CT molecular complexity index is 617. The molecule has 0 unspecified atom stereocenters. The fourth-order valence-corrected chi connectivity index (χ4v) is 3.31. The van der Waals surface area contributed by atoms with E-state index in [1.165, 1.54) is 31.0 Å². The SMILES string of the molecule is CS(=O)(=O)c1ccc(Cl)c(C(=O)OC2CCCCCC2)c1. The summed E-state index contributed by atoms with van der Waals surface area (Å²) in [6.07, 6.45) is 7.14. The van der Waals surface area contributed by atoms with Gasteiger partial charge in [-0.15, -0.1) is 0 Å². The zero-order valence-electron chi connectivity index (χ0n) is 12.0. The molecule has 0 N–H and O–H groups in total. The Labute approximate surface area is 130 Å². The van der Waals surface area contributed by atoms with Gasteiger partial charge < -0.3 is 4.74 Å². The summed E-state index contributed by atoms with van der Waals surface area (Å²) in [6.45, 7) is 0. The van der Waals surface area contributed by atoms with E-state index < -0.39 is 15.8 Å². The van der Waals surface area contributed by atoms with Crippen molar-refractivity contribution < 1.29 is 17.9 Å². The Morgan fingerprint density at radius 1 is 1.19 bits per heavy atom. The molecule has 0 bridgehead atoms. The highest BCUT2D eigenvalue weighted by Crippen LogP contribution is 2.25. The van der Waals surface area contributed by atoms with Crippen molar-refractivity contribution in [3.8, 4) is 0 Å². The van der Waals surface area contributed by atoms with E-state index in [4.69, 9.17) is 16.3 Å². The highest BCUT2D eigenvalue weighted by atomic mass is 35.5. The van der Waals surface area contributed by atoms with Gasteiger partial charge >= 0.3 is 5.97 Å². The van der Waals surface area contributed by atoms with Crippen molar-refractivity contribution in [1.29, 1.82) is 0 Å². The number of carbonyl (C=O) groups is 1. The Hall–Kier alpha value is -1.07. The first-order valence-corrected chi connectivity index (χ1v) is 9.35. The molecule has 21 heavy (non-hydrogen) atoms. The molecule has 1 aliphatic carbocycles. The largest absolute Gasteiger partial charge is 0.459 e. The lowest BCUT2D eigenvalue weighted by Gasteiger charge is -2.16. The van der Waals surface area contributed by atoms with Crippen molar-refractivity contribution in [1.82, 2.24) is 0 Å². The molecule has 1 fully saturated rings. The van der Waals surface area contributed by atoms with Gasteiger partial charge in [0.1, 0.15) is 6.10 Å².